The summed E-state index contributed by atoms with van der Waals surface area (Å²) in [5, 5.41) is 3.36. The van der Waals surface area contributed by atoms with E-state index < -0.39 is 10.2 Å². The Kier molecular flexibility index (Phi) is 8.48. The highest BCUT2D eigenvalue weighted by Gasteiger charge is 2.34. The Balaban J connectivity index is 2.64. The first-order chi connectivity index (χ1) is 10.0. The topological polar surface area (TPSA) is 52.7 Å². The molecule has 124 valence electrons. The average molecular weight is 317 g/mol. The largest absolute Gasteiger partial charge is 0.315 e. The maximum atomic E-state index is 12.7. The number of hydrogen-bond donors (Lipinski definition) is 1. The SMILES string of the molecule is C=CCCCN(C)S(=O)(=O)N1CCCCC1CNCCC. The van der Waals surface area contributed by atoms with Gasteiger partial charge in [-0.1, -0.05) is 19.4 Å². The summed E-state index contributed by atoms with van der Waals surface area (Å²) in [5.74, 6) is 0. The Labute approximate surface area is 130 Å². The molecule has 1 atom stereocenters. The van der Waals surface area contributed by atoms with Crippen LogP contribution >= 0.6 is 0 Å². The second kappa shape index (κ2) is 9.56. The van der Waals surface area contributed by atoms with Gasteiger partial charge < -0.3 is 5.32 Å². The zero-order chi connectivity index (χ0) is 15.7. The molecule has 0 spiro atoms. The van der Waals surface area contributed by atoms with Gasteiger partial charge in [0.25, 0.3) is 10.2 Å². The molecule has 0 radical (unpaired) electrons. The van der Waals surface area contributed by atoms with Crippen LogP contribution in [0.15, 0.2) is 12.7 Å². The molecule has 5 nitrogen and oxygen atoms in total. The number of nitrogens with one attached hydrogen (secondary N) is 1. The van der Waals surface area contributed by atoms with Gasteiger partial charge in [0.1, 0.15) is 0 Å². The fourth-order valence-electron chi connectivity index (χ4n) is 2.68. The normalized spacial score (nSPS) is 20.8. The van der Waals surface area contributed by atoms with E-state index in [4.69, 9.17) is 0 Å². The molecule has 1 saturated heterocycles. The molecule has 1 heterocycles. The summed E-state index contributed by atoms with van der Waals surface area (Å²) in [6, 6.07) is 0.0946. The van der Waals surface area contributed by atoms with Crippen molar-refractivity contribution in [1.82, 2.24) is 13.9 Å². The molecule has 6 heteroatoms. The molecule has 0 aliphatic carbocycles. The lowest BCUT2D eigenvalue weighted by Crippen LogP contribution is -2.52. The van der Waals surface area contributed by atoms with E-state index in [1.807, 2.05) is 6.08 Å². The van der Waals surface area contributed by atoms with Gasteiger partial charge in [-0.15, -0.1) is 6.58 Å². The maximum Gasteiger partial charge on any atom is 0.282 e. The van der Waals surface area contributed by atoms with E-state index in [1.54, 1.807) is 11.4 Å². The van der Waals surface area contributed by atoms with Gasteiger partial charge in [-0.2, -0.15) is 17.0 Å². The molecular weight excluding hydrogens is 286 g/mol. The Bertz CT molecular complexity index is 398. The predicted octanol–water partition coefficient (Wildman–Crippen LogP) is 1.98. The molecule has 1 fully saturated rings. The van der Waals surface area contributed by atoms with E-state index in [1.165, 1.54) is 4.31 Å². The Morgan fingerprint density at radius 2 is 2.19 bits per heavy atom. The second-order valence-corrected chi connectivity index (χ2v) is 7.71. The summed E-state index contributed by atoms with van der Waals surface area (Å²) in [6.07, 6.45) is 7.61. The van der Waals surface area contributed by atoms with Crippen LogP contribution in [0.5, 0.6) is 0 Å². The van der Waals surface area contributed by atoms with Crippen LogP contribution in [0.1, 0.15) is 45.4 Å². The van der Waals surface area contributed by atoms with Crippen molar-refractivity contribution in [2.24, 2.45) is 0 Å². The number of piperidine rings is 1. The summed E-state index contributed by atoms with van der Waals surface area (Å²) in [4.78, 5) is 0. The molecule has 1 aliphatic rings. The van der Waals surface area contributed by atoms with Crippen molar-refractivity contribution in [3.05, 3.63) is 12.7 Å². The predicted molar refractivity (Wildman–Crippen MR) is 88.5 cm³/mol. The van der Waals surface area contributed by atoms with Crippen molar-refractivity contribution >= 4 is 10.2 Å². The highest BCUT2D eigenvalue weighted by molar-refractivity contribution is 7.86. The zero-order valence-corrected chi connectivity index (χ0v) is 14.4. The van der Waals surface area contributed by atoms with Crippen LogP contribution < -0.4 is 5.32 Å². The summed E-state index contributed by atoms with van der Waals surface area (Å²) in [6.45, 7) is 8.70. The zero-order valence-electron chi connectivity index (χ0n) is 13.6. The van der Waals surface area contributed by atoms with Crippen LogP contribution in [0, 0.1) is 0 Å². The van der Waals surface area contributed by atoms with E-state index >= 15 is 0 Å². The fourth-order valence-corrected chi connectivity index (χ4v) is 4.31. The maximum absolute atomic E-state index is 12.7. The van der Waals surface area contributed by atoms with Gasteiger partial charge >= 0.3 is 0 Å². The summed E-state index contributed by atoms with van der Waals surface area (Å²) < 4.78 is 28.6. The monoisotopic (exact) mass is 317 g/mol. The van der Waals surface area contributed by atoms with E-state index in [0.717, 1.165) is 51.6 Å². The van der Waals surface area contributed by atoms with Crippen LogP contribution in [-0.4, -0.2) is 56.3 Å². The minimum Gasteiger partial charge on any atom is -0.315 e. The van der Waals surface area contributed by atoms with Gasteiger partial charge in [-0.3, -0.25) is 0 Å². The lowest BCUT2D eigenvalue weighted by molar-refractivity contribution is 0.230. The van der Waals surface area contributed by atoms with Gasteiger partial charge in [0.15, 0.2) is 0 Å². The fraction of sp³-hybridized carbons (Fsp3) is 0.867. The van der Waals surface area contributed by atoms with Crippen molar-refractivity contribution in [2.45, 2.75) is 51.5 Å². The standard InChI is InChI=1S/C15H31N3O2S/c1-4-6-8-12-17(3)21(19,20)18-13-9-7-10-15(18)14-16-11-5-2/h4,15-16H,1,5-14H2,2-3H3. The molecular formula is C15H31N3O2S. The third-order valence-electron chi connectivity index (χ3n) is 3.95. The molecule has 0 bridgehead atoms. The highest BCUT2D eigenvalue weighted by atomic mass is 32.2. The van der Waals surface area contributed by atoms with Gasteiger partial charge in [0, 0.05) is 32.7 Å². The van der Waals surface area contributed by atoms with E-state index in [9.17, 15) is 8.42 Å². The van der Waals surface area contributed by atoms with E-state index in [-0.39, 0.29) is 6.04 Å². The average Bonchev–Trinajstić information content (AvgIpc) is 2.48. The quantitative estimate of drug-likeness (QED) is 0.495. The molecule has 0 aromatic carbocycles. The number of unbranched alkanes of at least 4 members (excludes halogenated alkanes) is 1. The van der Waals surface area contributed by atoms with Crippen molar-refractivity contribution in [2.75, 3.05) is 33.2 Å². The van der Waals surface area contributed by atoms with Gasteiger partial charge in [-0.25, -0.2) is 0 Å². The third-order valence-corrected chi connectivity index (χ3v) is 6.00. The lowest BCUT2D eigenvalue weighted by atomic mass is 10.1. The lowest BCUT2D eigenvalue weighted by Gasteiger charge is -2.37. The molecule has 0 saturated carbocycles. The van der Waals surface area contributed by atoms with Crippen molar-refractivity contribution in [3.63, 3.8) is 0 Å². The number of hydrogen-bond acceptors (Lipinski definition) is 3. The van der Waals surface area contributed by atoms with Gasteiger partial charge in [-0.05, 0) is 38.6 Å². The number of nitrogens with zero attached hydrogens (tertiary/aromatic N) is 2. The van der Waals surface area contributed by atoms with Crippen molar-refractivity contribution in [3.8, 4) is 0 Å². The van der Waals surface area contributed by atoms with Crippen LogP contribution in [-0.2, 0) is 10.2 Å². The molecule has 0 amide bonds. The number of allylic oxidation sites excluding steroid dienone is 1. The third kappa shape index (κ3) is 5.70. The van der Waals surface area contributed by atoms with Gasteiger partial charge in [0.05, 0.1) is 0 Å². The molecule has 1 N–H and O–H groups in total. The molecule has 0 aromatic heterocycles. The van der Waals surface area contributed by atoms with E-state index in [0.29, 0.717) is 13.1 Å². The van der Waals surface area contributed by atoms with Crippen LogP contribution in [0.4, 0.5) is 0 Å². The minimum atomic E-state index is -3.34. The first kappa shape index (κ1) is 18.6. The smallest absolute Gasteiger partial charge is 0.282 e. The van der Waals surface area contributed by atoms with E-state index in [2.05, 4.69) is 18.8 Å². The Morgan fingerprint density at radius 1 is 1.43 bits per heavy atom. The molecule has 21 heavy (non-hydrogen) atoms. The minimum absolute atomic E-state index is 0.0946. The summed E-state index contributed by atoms with van der Waals surface area (Å²) in [5.41, 5.74) is 0. The Morgan fingerprint density at radius 3 is 2.86 bits per heavy atom. The molecule has 1 unspecified atom stereocenters. The van der Waals surface area contributed by atoms with Gasteiger partial charge in [0.2, 0.25) is 0 Å². The molecule has 1 aliphatic heterocycles. The molecule has 0 aromatic rings. The molecule has 1 rings (SSSR count). The Hall–Kier alpha value is -0.430. The van der Waals surface area contributed by atoms with Crippen LogP contribution in [0.3, 0.4) is 0 Å². The van der Waals surface area contributed by atoms with Crippen LogP contribution in [0.25, 0.3) is 0 Å². The first-order valence-corrected chi connectivity index (χ1v) is 9.48. The van der Waals surface area contributed by atoms with Crippen molar-refractivity contribution < 1.29 is 8.42 Å². The van der Waals surface area contributed by atoms with Crippen LogP contribution in [0.2, 0.25) is 0 Å². The second-order valence-electron chi connectivity index (χ2n) is 5.72. The number of rotatable bonds is 10. The highest BCUT2D eigenvalue weighted by Crippen LogP contribution is 2.22. The summed E-state index contributed by atoms with van der Waals surface area (Å²) in [7, 11) is -1.65. The summed E-state index contributed by atoms with van der Waals surface area (Å²) >= 11 is 0. The first-order valence-electron chi connectivity index (χ1n) is 8.08. The van der Waals surface area contributed by atoms with Crippen molar-refractivity contribution in [1.29, 1.82) is 0 Å².